The number of nitrogens with zero attached hydrogens (tertiary/aromatic N) is 1. The Morgan fingerprint density at radius 3 is 2.86 bits per heavy atom. The van der Waals surface area contributed by atoms with Gasteiger partial charge in [0.1, 0.15) is 0 Å². The van der Waals surface area contributed by atoms with Gasteiger partial charge in [-0.05, 0) is 12.5 Å². The molecule has 0 amide bonds. The lowest BCUT2D eigenvalue weighted by Crippen LogP contribution is -2.44. The molecular formula is C10H15ClN2S. The molecule has 1 saturated heterocycles. The van der Waals surface area contributed by atoms with Crippen LogP contribution in [0.3, 0.4) is 0 Å². The zero-order chi connectivity index (χ0) is 9.80. The first kappa shape index (κ1) is 10.4. The minimum absolute atomic E-state index is 0.880. The molecule has 2 rings (SSSR count). The molecular weight excluding hydrogens is 216 g/mol. The van der Waals surface area contributed by atoms with Crippen molar-refractivity contribution in [1.29, 1.82) is 0 Å². The van der Waals surface area contributed by atoms with Gasteiger partial charge >= 0.3 is 0 Å². The molecule has 78 valence electrons. The highest BCUT2D eigenvalue weighted by molar-refractivity contribution is 7.10. The molecule has 0 atom stereocenters. The summed E-state index contributed by atoms with van der Waals surface area (Å²) in [5, 5.41) is 6.25. The fourth-order valence-electron chi connectivity index (χ4n) is 1.69. The Balaban J connectivity index is 1.76. The largest absolute Gasteiger partial charge is 0.314 e. The van der Waals surface area contributed by atoms with Gasteiger partial charge in [-0.25, -0.2) is 0 Å². The second-order valence-electron chi connectivity index (χ2n) is 3.57. The fraction of sp³-hybridized carbons (Fsp3) is 0.600. The van der Waals surface area contributed by atoms with Crippen LogP contribution in [0.25, 0.3) is 0 Å². The Morgan fingerprint density at radius 1 is 1.43 bits per heavy atom. The zero-order valence-electron chi connectivity index (χ0n) is 8.13. The summed E-state index contributed by atoms with van der Waals surface area (Å²) in [4.78, 5) is 3.90. The summed E-state index contributed by atoms with van der Waals surface area (Å²) in [6.07, 6.45) is 1.14. The highest BCUT2D eigenvalue weighted by Gasteiger charge is 2.09. The molecule has 1 aromatic heterocycles. The Kier molecular flexibility index (Phi) is 3.81. The molecule has 1 aliphatic heterocycles. The number of piperazine rings is 1. The molecule has 1 N–H and O–H groups in total. The van der Waals surface area contributed by atoms with E-state index in [1.165, 1.54) is 24.5 Å². The van der Waals surface area contributed by atoms with Crippen molar-refractivity contribution in [2.75, 3.05) is 32.7 Å². The topological polar surface area (TPSA) is 15.3 Å². The zero-order valence-corrected chi connectivity index (χ0v) is 9.70. The van der Waals surface area contributed by atoms with Crippen molar-refractivity contribution in [3.8, 4) is 0 Å². The molecule has 0 aliphatic carbocycles. The summed E-state index contributed by atoms with van der Waals surface area (Å²) in [7, 11) is 0. The van der Waals surface area contributed by atoms with Crippen LogP contribution in [0.2, 0.25) is 5.02 Å². The van der Waals surface area contributed by atoms with Gasteiger partial charge in [0.05, 0.1) is 5.02 Å². The summed E-state index contributed by atoms with van der Waals surface area (Å²) < 4.78 is 0. The lowest BCUT2D eigenvalue weighted by molar-refractivity contribution is 0.244. The predicted molar refractivity (Wildman–Crippen MR) is 62.3 cm³/mol. The van der Waals surface area contributed by atoms with Crippen molar-refractivity contribution >= 4 is 22.9 Å². The molecule has 0 saturated carbocycles. The average Bonchev–Trinajstić information content (AvgIpc) is 2.63. The van der Waals surface area contributed by atoms with E-state index in [-0.39, 0.29) is 0 Å². The van der Waals surface area contributed by atoms with E-state index in [0.717, 1.165) is 24.5 Å². The van der Waals surface area contributed by atoms with Crippen LogP contribution >= 0.6 is 22.9 Å². The van der Waals surface area contributed by atoms with Gasteiger partial charge in [-0.3, -0.25) is 0 Å². The van der Waals surface area contributed by atoms with Gasteiger partial charge in [-0.2, -0.15) is 0 Å². The molecule has 0 unspecified atom stereocenters. The second-order valence-corrected chi connectivity index (χ2v) is 5.01. The predicted octanol–water partition coefficient (Wildman–Crippen LogP) is 1.85. The van der Waals surface area contributed by atoms with E-state index >= 15 is 0 Å². The van der Waals surface area contributed by atoms with Gasteiger partial charge in [0.25, 0.3) is 0 Å². The van der Waals surface area contributed by atoms with Crippen LogP contribution in [0.15, 0.2) is 11.4 Å². The quantitative estimate of drug-likeness (QED) is 0.853. The van der Waals surface area contributed by atoms with Crippen molar-refractivity contribution in [3.63, 3.8) is 0 Å². The lowest BCUT2D eigenvalue weighted by Gasteiger charge is -2.26. The molecule has 0 spiro atoms. The van der Waals surface area contributed by atoms with Crippen molar-refractivity contribution in [1.82, 2.24) is 10.2 Å². The number of thiophene rings is 1. The van der Waals surface area contributed by atoms with E-state index in [4.69, 9.17) is 11.6 Å². The minimum Gasteiger partial charge on any atom is -0.314 e. The first-order valence-corrected chi connectivity index (χ1v) is 6.26. The number of hydrogen-bond donors (Lipinski definition) is 1. The van der Waals surface area contributed by atoms with E-state index in [0.29, 0.717) is 0 Å². The molecule has 1 aromatic rings. The Morgan fingerprint density at radius 2 is 2.21 bits per heavy atom. The highest BCUT2D eigenvalue weighted by atomic mass is 35.5. The Labute approximate surface area is 93.9 Å². The fourth-order valence-corrected chi connectivity index (χ4v) is 2.75. The smallest absolute Gasteiger partial charge is 0.0515 e. The second kappa shape index (κ2) is 5.12. The standard InChI is InChI=1S/C10H15ClN2S/c11-9-7-10(14-8-9)1-4-13-5-2-12-3-6-13/h7-8,12H,1-6H2. The summed E-state index contributed by atoms with van der Waals surface area (Å²) in [6.45, 7) is 5.78. The number of halogens is 1. The first-order chi connectivity index (χ1) is 6.84. The van der Waals surface area contributed by atoms with Crippen LogP contribution in [0.5, 0.6) is 0 Å². The van der Waals surface area contributed by atoms with Crippen molar-refractivity contribution < 1.29 is 0 Å². The van der Waals surface area contributed by atoms with Crippen molar-refractivity contribution in [2.24, 2.45) is 0 Å². The monoisotopic (exact) mass is 230 g/mol. The van der Waals surface area contributed by atoms with Crippen molar-refractivity contribution in [3.05, 3.63) is 21.3 Å². The van der Waals surface area contributed by atoms with E-state index in [1.54, 1.807) is 11.3 Å². The molecule has 2 heterocycles. The maximum Gasteiger partial charge on any atom is 0.0515 e. The summed E-state index contributed by atoms with van der Waals surface area (Å²) in [6, 6.07) is 2.08. The van der Waals surface area contributed by atoms with Crippen LogP contribution in [0.4, 0.5) is 0 Å². The molecule has 0 radical (unpaired) electrons. The molecule has 1 aliphatic rings. The maximum atomic E-state index is 5.87. The maximum absolute atomic E-state index is 5.87. The van der Waals surface area contributed by atoms with Crippen molar-refractivity contribution in [2.45, 2.75) is 6.42 Å². The van der Waals surface area contributed by atoms with Gasteiger partial charge in [-0.15, -0.1) is 11.3 Å². The highest BCUT2D eigenvalue weighted by Crippen LogP contribution is 2.19. The normalized spacial score (nSPS) is 18.6. The van der Waals surface area contributed by atoms with Crippen LogP contribution in [0.1, 0.15) is 4.88 Å². The van der Waals surface area contributed by atoms with Gasteiger partial charge in [-0.1, -0.05) is 11.6 Å². The average molecular weight is 231 g/mol. The van der Waals surface area contributed by atoms with E-state index in [2.05, 4.69) is 16.3 Å². The molecule has 0 bridgehead atoms. The van der Waals surface area contributed by atoms with Crippen LogP contribution in [-0.4, -0.2) is 37.6 Å². The molecule has 2 nitrogen and oxygen atoms in total. The number of hydrogen-bond acceptors (Lipinski definition) is 3. The summed E-state index contributed by atoms with van der Waals surface area (Å²) >= 11 is 7.63. The van der Waals surface area contributed by atoms with E-state index < -0.39 is 0 Å². The Hall–Kier alpha value is -0.0900. The molecule has 1 fully saturated rings. The summed E-state index contributed by atoms with van der Waals surface area (Å²) in [5.41, 5.74) is 0. The van der Waals surface area contributed by atoms with Gasteiger partial charge in [0, 0.05) is 43.0 Å². The van der Waals surface area contributed by atoms with E-state index in [9.17, 15) is 0 Å². The molecule has 14 heavy (non-hydrogen) atoms. The summed E-state index contributed by atoms with van der Waals surface area (Å²) in [5.74, 6) is 0. The number of rotatable bonds is 3. The first-order valence-electron chi connectivity index (χ1n) is 5.00. The van der Waals surface area contributed by atoms with Crippen LogP contribution in [-0.2, 0) is 6.42 Å². The van der Waals surface area contributed by atoms with Gasteiger partial charge in [0.2, 0.25) is 0 Å². The van der Waals surface area contributed by atoms with Crippen LogP contribution < -0.4 is 5.32 Å². The van der Waals surface area contributed by atoms with Gasteiger partial charge in [0.15, 0.2) is 0 Å². The third kappa shape index (κ3) is 2.95. The lowest BCUT2D eigenvalue weighted by atomic mass is 10.3. The van der Waals surface area contributed by atoms with Gasteiger partial charge < -0.3 is 10.2 Å². The Bertz CT molecular complexity index is 281. The van der Waals surface area contributed by atoms with E-state index in [1.807, 2.05) is 5.38 Å². The van der Waals surface area contributed by atoms with Crippen LogP contribution in [0, 0.1) is 0 Å². The molecule has 0 aromatic carbocycles. The third-order valence-corrected chi connectivity index (χ3v) is 3.85. The minimum atomic E-state index is 0.880. The SMILES string of the molecule is Clc1csc(CCN2CCNCC2)c1. The number of nitrogens with one attached hydrogen (secondary N) is 1. The molecule has 4 heteroatoms. The third-order valence-electron chi connectivity index (χ3n) is 2.51.